The zero-order valence-electron chi connectivity index (χ0n) is 8.57. The van der Waals surface area contributed by atoms with Gasteiger partial charge < -0.3 is 10.8 Å². The third-order valence-electron chi connectivity index (χ3n) is 1.85. The van der Waals surface area contributed by atoms with E-state index in [9.17, 15) is 9.50 Å². The molecule has 0 aliphatic carbocycles. The summed E-state index contributed by atoms with van der Waals surface area (Å²) < 4.78 is 17.1. The number of benzene rings is 1. The topological polar surface area (TPSA) is 58.6 Å². The molecule has 0 atom stereocenters. The summed E-state index contributed by atoms with van der Waals surface area (Å²) >= 11 is 0.954. The second kappa shape index (κ2) is 4.63. The van der Waals surface area contributed by atoms with Gasteiger partial charge >= 0.3 is 0 Å². The summed E-state index contributed by atoms with van der Waals surface area (Å²) in [5, 5.41) is 9.66. The fourth-order valence-corrected chi connectivity index (χ4v) is 1.49. The lowest BCUT2D eigenvalue weighted by Gasteiger charge is -2.17. The maximum absolute atomic E-state index is 13.5. The fraction of sp³-hybridized carbons (Fsp3) is 0.300. The number of halogens is 1. The highest BCUT2D eigenvalue weighted by molar-refractivity contribution is 7.98. The van der Waals surface area contributed by atoms with Crippen LogP contribution in [0.15, 0.2) is 27.5 Å². The van der Waals surface area contributed by atoms with E-state index in [0.717, 1.165) is 18.3 Å². The quantitative estimate of drug-likeness (QED) is 0.473. The van der Waals surface area contributed by atoms with Gasteiger partial charge in [-0.2, -0.15) is 0 Å². The number of aliphatic hydroxyl groups is 1. The summed E-state index contributed by atoms with van der Waals surface area (Å²) in [5.74, 6) is -0.412. The summed E-state index contributed by atoms with van der Waals surface area (Å²) in [6, 6.07) is 4.53. The highest BCUT2D eigenvalue weighted by atomic mass is 32.2. The Morgan fingerprint density at radius 1 is 1.53 bits per heavy atom. The second-order valence-electron chi connectivity index (χ2n) is 3.55. The van der Waals surface area contributed by atoms with Crippen molar-refractivity contribution in [2.75, 3.05) is 0 Å². The number of nitrogens with zero attached hydrogens (tertiary/aromatic N) is 1. The third kappa shape index (κ3) is 3.21. The molecule has 0 aliphatic heterocycles. The highest BCUT2D eigenvalue weighted by Gasteiger charge is 2.17. The molecule has 0 aromatic heterocycles. The Bertz CT molecular complexity index is 374. The first-order chi connectivity index (χ1) is 6.95. The van der Waals surface area contributed by atoms with E-state index in [2.05, 4.69) is 4.40 Å². The molecular formula is C10H13FN2OS. The van der Waals surface area contributed by atoms with Crippen LogP contribution in [0.2, 0.25) is 0 Å². The standard InChI is InChI=1S/C10H13FN2OS/c1-10(2,14)7-3-4-9(8(11)5-7)15-13-6-12/h3-6,14H,1-2H3,(H2,12,13). The molecule has 0 heterocycles. The third-order valence-corrected chi connectivity index (χ3v) is 2.61. The lowest BCUT2D eigenvalue weighted by Crippen LogP contribution is -2.15. The second-order valence-corrected chi connectivity index (χ2v) is 4.38. The fourth-order valence-electron chi connectivity index (χ4n) is 1.04. The van der Waals surface area contributed by atoms with Crippen LogP contribution >= 0.6 is 11.9 Å². The lowest BCUT2D eigenvalue weighted by molar-refractivity contribution is 0.0781. The van der Waals surface area contributed by atoms with Gasteiger partial charge in [0, 0.05) is 11.9 Å². The summed E-state index contributed by atoms with van der Waals surface area (Å²) in [7, 11) is 0. The highest BCUT2D eigenvalue weighted by Crippen LogP contribution is 2.27. The first kappa shape index (κ1) is 12.0. The van der Waals surface area contributed by atoms with Crippen LogP contribution in [0.25, 0.3) is 0 Å². The predicted molar refractivity (Wildman–Crippen MR) is 60.2 cm³/mol. The van der Waals surface area contributed by atoms with Gasteiger partial charge in [-0.25, -0.2) is 8.79 Å². The molecule has 5 heteroatoms. The normalized spacial score (nSPS) is 12.3. The van der Waals surface area contributed by atoms with E-state index in [0.29, 0.717) is 10.5 Å². The summed E-state index contributed by atoms with van der Waals surface area (Å²) in [6.07, 6.45) is 1.11. The molecular weight excluding hydrogens is 215 g/mol. The molecule has 0 aliphatic rings. The van der Waals surface area contributed by atoms with Crippen LogP contribution in [-0.4, -0.2) is 11.4 Å². The monoisotopic (exact) mass is 228 g/mol. The molecule has 0 amide bonds. The summed E-state index contributed by atoms with van der Waals surface area (Å²) in [4.78, 5) is 0.379. The molecule has 0 saturated carbocycles. The molecule has 1 aromatic rings. The first-order valence-electron chi connectivity index (χ1n) is 4.38. The molecule has 0 unspecified atom stereocenters. The average Bonchev–Trinajstić information content (AvgIpc) is 2.14. The van der Waals surface area contributed by atoms with Crippen molar-refractivity contribution < 1.29 is 9.50 Å². The number of hydrogen-bond donors (Lipinski definition) is 2. The molecule has 0 bridgehead atoms. The number of rotatable bonds is 3. The van der Waals surface area contributed by atoms with Crippen molar-refractivity contribution in [3.63, 3.8) is 0 Å². The molecule has 3 nitrogen and oxygen atoms in total. The van der Waals surface area contributed by atoms with Gasteiger partial charge in [-0.1, -0.05) is 6.07 Å². The Kier molecular flexibility index (Phi) is 3.71. The molecule has 0 saturated heterocycles. The minimum absolute atomic E-state index is 0.379. The molecule has 0 spiro atoms. The Balaban J connectivity index is 2.98. The van der Waals surface area contributed by atoms with Gasteiger partial charge in [-0.15, -0.1) is 0 Å². The van der Waals surface area contributed by atoms with Gasteiger partial charge in [0.2, 0.25) is 0 Å². The van der Waals surface area contributed by atoms with Crippen molar-refractivity contribution in [1.82, 2.24) is 0 Å². The van der Waals surface area contributed by atoms with E-state index < -0.39 is 11.4 Å². The average molecular weight is 228 g/mol. The molecule has 3 N–H and O–H groups in total. The zero-order valence-corrected chi connectivity index (χ0v) is 9.38. The van der Waals surface area contributed by atoms with E-state index >= 15 is 0 Å². The van der Waals surface area contributed by atoms with E-state index in [-0.39, 0.29) is 0 Å². The maximum Gasteiger partial charge on any atom is 0.139 e. The van der Waals surface area contributed by atoms with E-state index in [1.54, 1.807) is 26.0 Å². The molecule has 1 rings (SSSR count). The van der Waals surface area contributed by atoms with Gasteiger partial charge in [0.1, 0.15) is 5.82 Å². The Morgan fingerprint density at radius 2 is 2.20 bits per heavy atom. The van der Waals surface area contributed by atoms with Crippen molar-refractivity contribution in [3.05, 3.63) is 29.6 Å². The molecule has 1 aromatic carbocycles. The van der Waals surface area contributed by atoms with E-state index in [1.165, 1.54) is 6.07 Å². The van der Waals surface area contributed by atoms with Crippen LogP contribution in [0.5, 0.6) is 0 Å². The minimum atomic E-state index is -1.04. The predicted octanol–water partition coefficient (Wildman–Crippen LogP) is 2.05. The van der Waals surface area contributed by atoms with Crippen molar-refractivity contribution >= 4 is 18.3 Å². The van der Waals surface area contributed by atoms with Crippen LogP contribution in [0.1, 0.15) is 19.4 Å². The Hall–Kier alpha value is -1.07. The van der Waals surface area contributed by atoms with Gasteiger partial charge in [0.15, 0.2) is 0 Å². The van der Waals surface area contributed by atoms with Crippen LogP contribution < -0.4 is 5.73 Å². The van der Waals surface area contributed by atoms with E-state index in [1.807, 2.05) is 0 Å². The van der Waals surface area contributed by atoms with Gasteiger partial charge in [-0.05, 0) is 31.5 Å². The molecule has 82 valence electrons. The Labute approximate surface area is 92.3 Å². The van der Waals surface area contributed by atoms with Gasteiger partial charge in [-0.3, -0.25) is 0 Å². The van der Waals surface area contributed by atoms with Crippen molar-refractivity contribution in [1.29, 1.82) is 0 Å². The lowest BCUT2D eigenvalue weighted by atomic mass is 9.99. The number of hydrogen-bond acceptors (Lipinski definition) is 3. The van der Waals surface area contributed by atoms with E-state index in [4.69, 9.17) is 5.73 Å². The maximum atomic E-state index is 13.5. The smallest absolute Gasteiger partial charge is 0.139 e. The first-order valence-corrected chi connectivity index (χ1v) is 5.15. The summed E-state index contributed by atoms with van der Waals surface area (Å²) in [5.41, 5.74) is 4.54. The van der Waals surface area contributed by atoms with Crippen LogP contribution in [-0.2, 0) is 5.60 Å². The Morgan fingerprint density at radius 3 is 2.67 bits per heavy atom. The molecule has 0 radical (unpaired) electrons. The van der Waals surface area contributed by atoms with Crippen molar-refractivity contribution in [2.24, 2.45) is 10.1 Å². The molecule has 15 heavy (non-hydrogen) atoms. The SMILES string of the molecule is CC(C)(O)c1ccc(S/N=C\N)c(F)c1. The number of nitrogens with two attached hydrogens (primary N) is 1. The van der Waals surface area contributed by atoms with Gasteiger partial charge in [0.25, 0.3) is 0 Å². The molecule has 0 fully saturated rings. The van der Waals surface area contributed by atoms with Crippen molar-refractivity contribution in [2.45, 2.75) is 24.3 Å². The summed E-state index contributed by atoms with van der Waals surface area (Å²) in [6.45, 7) is 3.21. The van der Waals surface area contributed by atoms with Crippen LogP contribution in [0.4, 0.5) is 4.39 Å². The zero-order chi connectivity index (χ0) is 11.5. The van der Waals surface area contributed by atoms with Gasteiger partial charge in [0.05, 0.1) is 16.8 Å². The largest absolute Gasteiger partial charge is 0.389 e. The van der Waals surface area contributed by atoms with Crippen molar-refractivity contribution in [3.8, 4) is 0 Å². The van der Waals surface area contributed by atoms with Crippen LogP contribution in [0.3, 0.4) is 0 Å². The van der Waals surface area contributed by atoms with Crippen LogP contribution in [0, 0.1) is 5.82 Å². The minimum Gasteiger partial charge on any atom is -0.389 e.